The lowest BCUT2D eigenvalue weighted by atomic mass is 9.90. The fourth-order valence-corrected chi connectivity index (χ4v) is 3.22. The Morgan fingerprint density at radius 1 is 1.38 bits per heavy atom. The van der Waals surface area contributed by atoms with Crippen LogP contribution in [0.15, 0.2) is 30.6 Å². The fraction of sp³-hybridized carbons (Fsp3) is 0.412. The van der Waals surface area contributed by atoms with Crippen LogP contribution in [-0.2, 0) is 24.6 Å². The number of carbonyl (C=O) groups excluding carboxylic acids is 1. The summed E-state index contributed by atoms with van der Waals surface area (Å²) in [6, 6.07) is 3.39. The van der Waals surface area contributed by atoms with Crippen molar-refractivity contribution in [2.45, 2.75) is 18.6 Å². The first-order valence-electron chi connectivity index (χ1n) is 8.19. The van der Waals surface area contributed by atoms with Crippen LogP contribution in [0.25, 0.3) is 0 Å². The van der Waals surface area contributed by atoms with Gasteiger partial charge in [-0.3, -0.25) is 9.48 Å². The number of aryl methyl sites for hydroxylation is 1. The minimum absolute atomic E-state index is 0.0456. The Kier molecular flexibility index (Phi) is 5.01. The lowest BCUT2D eigenvalue weighted by Crippen LogP contribution is -2.28. The average molecular weight is 367 g/mol. The molecule has 1 amide bonds. The molecule has 2 aromatic rings. The molecule has 2 atom stereocenters. The highest BCUT2D eigenvalue weighted by atomic mass is 19.4. The number of anilines is 1. The van der Waals surface area contributed by atoms with E-state index in [1.54, 1.807) is 17.9 Å². The fourth-order valence-electron chi connectivity index (χ4n) is 3.22. The molecule has 140 valence electrons. The number of carbonyl (C=O) groups is 1. The van der Waals surface area contributed by atoms with Crippen molar-refractivity contribution >= 4 is 11.6 Å². The van der Waals surface area contributed by atoms with E-state index in [1.165, 1.54) is 6.07 Å². The van der Waals surface area contributed by atoms with Gasteiger partial charge < -0.3 is 16.4 Å². The Balaban J connectivity index is 1.81. The summed E-state index contributed by atoms with van der Waals surface area (Å²) < 4.78 is 40.8. The van der Waals surface area contributed by atoms with Gasteiger partial charge >= 0.3 is 6.18 Å². The first-order chi connectivity index (χ1) is 12.3. The zero-order valence-electron chi connectivity index (χ0n) is 14.2. The third-order valence-electron chi connectivity index (χ3n) is 4.53. The highest BCUT2D eigenvalue weighted by Gasteiger charge is 2.35. The predicted molar refractivity (Wildman–Crippen MR) is 90.3 cm³/mol. The minimum atomic E-state index is -4.50. The highest BCUT2D eigenvalue weighted by molar-refractivity contribution is 5.93. The standard InChI is InChI=1S/C17H20F3N5O/c1-25-9-11(6-23-25)14-7-22-8-15(14)16(26)24-13-3-10(5-21)2-12(4-13)17(18,19)20/h2-4,6,9,14-15,22H,5,7-8,21H2,1H3,(H,24,26)/t14-,15+/m1/s1. The molecule has 1 aromatic carbocycles. The topological polar surface area (TPSA) is 85.0 Å². The van der Waals surface area contributed by atoms with E-state index in [0.29, 0.717) is 18.7 Å². The van der Waals surface area contributed by atoms with Crippen molar-refractivity contribution in [2.75, 3.05) is 18.4 Å². The predicted octanol–water partition coefficient (Wildman–Crippen LogP) is 1.84. The van der Waals surface area contributed by atoms with E-state index in [2.05, 4.69) is 15.7 Å². The van der Waals surface area contributed by atoms with Crippen molar-refractivity contribution in [2.24, 2.45) is 18.7 Å². The van der Waals surface area contributed by atoms with E-state index in [9.17, 15) is 18.0 Å². The van der Waals surface area contributed by atoms with E-state index < -0.39 is 17.7 Å². The molecule has 0 spiro atoms. The minimum Gasteiger partial charge on any atom is -0.326 e. The van der Waals surface area contributed by atoms with Crippen LogP contribution in [0.2, 0.25) is 0 Å². The summed E-state index contributed by atoms with van der Waals surface area (Å²) in [7, 11) is 1.79. The molecular weight excluding hydrogens is 347 g/mol. The SMILES string of the molecule is Cn1cc([C@H]2CNC[C@@H]2C(=O)Nc2cc(CN)cc(C(F)(F)F)c2)cn1. The summed E-state index contributed by atoms with van der Waals surface area (Å²) >= 11 is 0. The maximum Gasteiger partial charge on any atom is 0.416 e. The summed E-state index contributed by atoms with van der Waals surface area (Å²) in [4.78, 5) is 12.7. The molecule has 1 saturated heterocycles. The first kappa shape index (κ1) is 18.4. The van der Waals surface area contributed by atoms with E-state index in [0.717, 1.165) is 17.7 Å². The van der Waals surface area contributed by atoms with E-state index in [-0.39, 0.29) is 24.1 Å². The van der Waals surface area contributed by atoms with Gasteiger partial charge in [0.25, 0.3) is 0 Å². The molecule has 0 bridgehead atoms. The van der Waals surface area contributed by atoms with Crippen LogP contribution >= 0.6 is 0 Å². The lowest BCUT2D eigenvalue weighted by molar-refractivity contribution is -0.137. The molecule has 1 aliphatic rings. The second-order valence-electron chi connectivity index (χ2n) is 6.43. The number of nitrogens with two attached hydrogens (primary N) is 1. The summed E-state index contributed by atoms with van der Waals surface area (Å²) in [5.74, 6) is -0.801. The number of amides is 1. The first-order valence-corrected chi connectivity index (χ1v) is 8.19. The van der Waals surface area contributed by atoms with Crippen LogP contribution in [0, 0.1) is 5.92 Å². The third-order valence-corrected chi connectivity index (χ3v) is 4.53. The summed E-state index contributed by atoms with van der Waals surface area (Å²) in [5.41, 5.74) is 5.98. The van der Waals surface area contributed by atoms with Gasteiger partial charge in [0.2, 0.25) is 5.91 Å². The molecule has 1 fully saturated rings. The number of aromatic nitrogens is 2. The molecule has 6 nitrogen and oxygen atoms in total. The molecule has 0 radical (unpaired) electrons. The van der Waals surface area contributed by atoms with Crippen molar-refractivity contribution in [1.29, 1.82) is 0 Å². The monoisotopic (exact) mass is 367 g/mol. The highest BCUT2D eigenvalue weighted by Crippen LogP contribution is 2.33. The van der Waals surface area contributed by atoms with Crippen LogP contribution in [-0.4, -0.2) is 28.8 Å². The Hall–Kier alpha value is -2.39. The smallest absolute Gasteiger partial charge is 0.326 e. The Bertz CT molecular complexity index is 802. The van der Waals surface area contributed by atoms with Gasteiger partial charge in [0.15, 0.2) is 0 Å². The summed E-state index contributed by atoms with van der Waals surface area (Å²) in [6.45, 7) is 1.02. The van der Waals surface area contributed by atoms with E-state index >= 15 is 0 Å². The van der Waals surface area contributed by atoms with Crippen LogP contribution in [0.5, 0.6) is 0 Å². The third kappa shape index (κ3) is 3.88. The van der Waals surface area contributed by atoms with E-state index in [1.807, 2.05) is 6.20 Å². The molecule has 4 N–H and O–H groups in total. The molecule has 0 aliphatic carbocycles. The number of nitrogens with one attached hydrogen (secondary N) is 2. The van der Waals surface area contributed by atoms with Crippen molar-refractivity contribution in [3.05, 3.63) is 47.3 Å². The maximum absolute atomic E-state index is 13.0. The quantitative estimate of drug-likeness (QED) is 0.770. The summed E-state index contributed by atoms with van der Waals surface area (Å²) in [5, 5.41) is 9.89. The number of benzene rings is 1. The molecule has 2 heterocycles. The van der Waals surface area contributed by atoms with Gasteiger partial charge in [0.05, 0.1) is 17.7 Å². The zero-order valence-corrected chi connectivity index (χ0v) is 14.2. The molecule has 9 heteroatoms. The van der Waals surface area contributed by atoms with Crippen molar-refractivity contribution in [3.8, 4) is 0 Å². The normalized spacial score (nSPS) is 20.3. The van der Waals surface area contributed by atoms with Crippen molar-refractivity contribution in [1.82, 2.24) is 15.1 Å². The molecule has 3 rings (SSSR count). The largest absolute Gasteiger partial charge is 0.416 e. The zero-order chi connectivity index (χ0) is 18.9. The van der Waals surface area contributed by atoms with Gasteiger partial charge in [-0.1, -0.05) is 0 Å². The van der Waals surface area contributed by atoms with Crippen molar-refractivity contribution < 1.29 is 18.0 Å². The average Bonchev–Trinajstić information content (AvgIpc) is 3.22. The Labute approximate surface area is 148 Å². The number of rotatable bonds is 4. The second-order valence-corrected chi connectivity index (χ2v) is 6.43. The van der Waals surface area contributed by atoms with Gasteiger partial charge in [-0.25, -0.2) is 0 Å². The molecule has 1 aliphatic heterocycles. The lowest BCUT2D eigenvalue weighted by Gasteiger charge is -2.18. The second kappa shape index (κ2) is 7.08. The molecule has 0 unspecified atom stereocenters. The van der Waals surface area contributed by atoms with Crippen LogP contribution in [0.4, 0.5) is 18.9 Å². The maximum atomic E-state index is 13.0. The number of nitrogens with zero attached hydrogens (tertiary/aromatic N) is 2. The molecular formula is C17H20F3N5O. The number of alkyl halides is 3. The molecule has 26 heavy (non-hydrogen) atoms. The van der Waals surface area contributed by atoms with Gasteiger partial charge in [-0.2, -0.15) is 18.3 Å². The molecule has 0 saturated carbocycles. The number of hydrogen-bond acceptors (Lipinski definition) is 4. The van der Waals surface area contributed by atoms with Crippen LogP contribution in [0.3, 0.4) is 0 Å². The number of halogens is 3. The Morgan fingerprint density at radius 2 is 2.15 bits per heavy atom. The molecule has 1 aromatic heterocycles. The number of hydrogen-bond donors (Lipinski definition) is 3. The van der Waals surface area contributed by atoms with Gasteiger partial charge in [0, 0.05) is 44.5 Å². The van der Waals surface area contributed by atoms with Gasteiger partial charge in [-0.05, 0) is 29.3 Å². The van der Waals surface area contributed by atoms with E-state index in [4.69, 9.17) is 5.73 Å². The van der Waals surface area contributed by atoms with Gasteiger partial charge in [-0.15, -0.1) is 0 Å². The Morgan fingerprint density at radius 3 is 2.77 bits per heavy atom. The van der Waals surface area contributed by atoms with Gasteiger partial charge in [0.1, 0.15) is 0 Å². The van der Waals surface area contributed by atoms with Crippen LogP contribution < -0.4 is 16.4 Å². The van der Waals surface area contributed by atoms with Crippen LogP contribution in [0.1, 0.15) is 22.6 Å². The van der Waals surface area contributed by atoms with Crippen molar-refractivity contribution in [3.63, 3.8) is 0 Å². The summed E-state index contributed by atoms with van der Waals surface area (Å²) in [6.07, 6.45) is -0.957.